The average molecular weight is 218 g/mol. The van der Waals surface area contributed by atoms with E-state index in [-0.39, 0.29) is 12.0 Å². The SMILES string of the molecule is C=C(C)[C@H]1CC(c2ccccc2)OC[C@H]1O. The number of hydrogen-bond donors (Lipinski definition) is 1. The smallest absolute Gasteiger partial charge is 0.0839 e. The Labute approximate surface area is 96.6 Å². The fourth-order valence-corrected chi connectivity index (χ4v) is 2.22. The van der Waals surface area contributed by atoms with E-state index in [2.05, 4.69) is 18.7 Å². The molecule has 1 heterocycles. The molecule has 1 unspecified atom stereocenters. The van der Waals surface area contributed by atoms with Crippen LogP contribution in [0, 0.1) is 5.92 Å². The van der Waals surface area contributed by atoms with Gasteiger partial charge in [0.1, 0.15) is 0 Å². The van der Waals surface area contributed by atoms with Crippen molar-refractivity contribution < 1.29 is 9.84 Å². The summed E-state index contributed by atoms with van der Waals surface area (Å²) in [5, 5.41) is 9.82. The molecule has 2 rings (SSSR count). The molecule has 16 heavy (non-hydrogen) atoms. The van der Waals surface area contributed by atoms with E-state index < -0.39 is 6.10 Å². The predicted octanol–water partition coefficient (Wildman–Crippen LogP) is 2.70. The van der Waals surface area contributed by atoms with Gasteiger partial charge >= 0.3 is 0 Å². The van der Waals surface area contributed by atoms with E-state index in [1.165, 1.54) is 5.56 Å². The third kappa shape index (κ3) is 2.34. The molecule has 3 atom stereocenters. The van der Waals surface area contributed by atoms with Gasteiger partial charge < -0.3 is 9.84 Å². The Balaban J connectivity index is 2.12. The molecule has 0 radical (unpaired) electrons. The maximum Gasteiger partial charge on any atom is 0.0839 e. The zero-order valence-corrected chi connectivity index (χ0v) is 9.60. The first-order valence-corrected chi connectivity index (χ1v) is 5.68. The summed E-state index contributed by atoms with van der Waals surface area (Å²) < 4.78 is 5.67. The van der Waals surface area contributed by atoms with Crippen molar-refractivity contribution in [2.75, 3.05) is 6.61 Å². The Kier molecular flexibility index (Phi) is 3.42. The summed E-state index contributed by atoms with van der Waals surface area (Å²) in [4.78, 5) is 0. The Bertz CT molecular complexity index is 358. The van der Waals surface area contributed by atoms with E-state index >= 15 is 0 Å². The Morgan fingerprint density at radius 3 is 2.69 bits per heavy atom. The molecule has 0 bridgehead atoms. The van der Waals surface area contributed by atoms with Crippen LogP contribution in [0.15, 0.2) is 42.5 Å². The minimum Gasteiger partial charge on any atom is -0.390 e. The second-order valence-corrected chi connectivity index (χ2v) is 4.49. The molecule has 1 aromatic carbocycles. The summed E-state index contributed by atoms with van der Waals surface area (Å²) in [6.45, 7) is 6.32. The van der Waals surface area contributed by atoms with Crippen LogP contribution < -0.4 is 0 Å². The largest absolute Gasteiger partial charge is 0.390 e. The molecular weight excluding hydrogens is 200 g/mol. The molecule has 86 valence electrons. The van der Waals surface area contributed by atoms with Crippen LogP contribution in [0.25, 0.3) is 0 Å². The van der Waals surface area contributed by atoms with Gasteiger partial charge in [-0.15, -0.1) is 0 Å². The van der Waals surface area contributed by atoms with Crippen molar-refractivity contribution in [2.24, 2.45) is 5.92 Å². The van der Waals surface area contributed by atoms with Gasteiger partial charge in [0.25, 0.3) is 0 Å². The molecule has 1 aliphatic heterocycles. The van der Waals surface area contributed by atoms with Crippen LogP contribution in [-0.4, -0.2) is 17.8 Å². The van der Waals surface area contributed by atoms with Crippen LogP contribution in [0.4, 0.5) is 0 Å². The molecular formula is C14H18O2. The summed E-state index contributed by atoms with van der Waals surface area (Å²) >= 11 is 0. The molecule has 0 saturated carbocycles. The number of ether oxygens (including phenoxy) is 1. The van der Waals surface area contributed by atoms with Crippen LogP contribution in [0.1, 0.15) is 25.0 Å². The summed E-state index contributed by atoms with van der Waals surface area (Å²) in [5.74, 6) is 0.152. The van der Waals surface area contributed by atoms with Gasteiger partial charge in [0, 0.05) is 5.92 Å². The predicted molar refractivity (Wildman–Crippen MR) is 64.1 cm³/mol. The van der Waals surface area contributed by atoms with Crippen LogP contribution in [0.3, 0.4) is 0 Å². The van der Waals surface area contributed by atoms with E-state index in [1.807, 2.05) is 25.1 Å². The van der Waals surface area contributed by atoms with Crippen LogP contribution in [0.2, 0.25) is 0 Å². The van der Waals surface area contributed by atoms with E-state index in [0.29, 0.717) is 6.61 Å². The van der Waals surface area contributed by atoms with Gasteiger partial charge in [-0.3, -0.25) is 0 Å². The normalized spacial score (nSPS) is 30.0. The summed E-state index contributed by atoms with van der Waals surface area (Å²) in [6.07, 6.45) is 0.504. The Hall–Kier alpha value is -1.12. The van der Waals surface area contributed by atoms with E-state index in [9.17, 15) is 5.11 Å². The van der Waals surface area contributed by atoms with Crippen molar-refractivity contribution in [3.05, 3.63) is 48.0 Å². The van der Waals surface area contributed by atoms with Crippen LogP contribution in [0.5, 0.6) is 0 Å². The van der Waals surface area contributed by atoms with Gasteiger partial charge in [-0.05, 0) is 18.9 Å². The third-order valence-electron chi connectivity index (χ3n) is 3.20. The lowest BCUT2D eigenvalue weighted by Gasteiger charge is -2.34. The second-order valence-electron chi connectivity index (χ2n) is 4.49. The molecule has 1 fully saturated rings. The highest BCUT2D eigenvalue weighted by Gasteiger charge is 2.30. The van der Waals surface area contributed by atoms with Gasteiger partial charge in [-0.2, -0.15) is 0 Å². The van der Waals surface area contributed by atoms with Gasteiger partial charge in [0.2, 0.25) is 0 Å². The molecule has 0 spiro atoms. The molecule has 1 N–H and O–H groups in total. The molecule has 2 heteroatoms. The van der Waals surface area contributed by atoms with Crippen LogP contribution in [-0.2, 0) is 4.74 Å². The molecule has 1 saturated heterocycles. The van der Waals surface area contributed by atoms with Crippen molar-refractivity contribution in [3.63, 3.8) is 0 Å². The quantitative estimate of drug-likeness (QED) is 0.773. The zero-order valence-electron chi connectivity index (χ0n) is 9.60. The lowest BCUT2D eigenvalue weighted by molar-refractivity contribution is -0.0806. The molecule has 0 aromatic heterocycles. The maximum atomic E-state index is 9.82. The van der Waals surface area contributed by atoms with Crippen molar-refractivity contribution in [2.45, 2.75) is 25.6 Å². The van der Waals surface area contributed by atoms with Gasteiger partial charge in [0.15, 0.2) is 0 Å². The Morgan fingerprint density at radius 1 is 1.38 bits per heavy atom. The molecule has 2 nitrogen and oxygen atoms in total. The summed E-state index contributed by atoms with van der Waals surface area (Å²) in [5.41, 5.74) is 2.22. The molecule has 0 amide bonds. The highest BCUT2D eigenvalue weighted by atomic mass is 16.5. The number of benzene rings is 1. The van der Waals surface area contributed by atoms with E-state index in [4.69, 9.17) is 4.74 Å². The lowest BCUT2D eigenvalue weighted by Crippen LogP contribution is -2.34. The van der Waals surface area contributed by atoms with Gasteiger partial charge in [-0.1, -0.05) is 42.5 Å². The third-order valence-corrected chi connectivity index (χ3v) is 3.20. The van der Waals surface area contributed by atoms with Gasteiger partial charge in [-0.25, -0.2) is 0 Å². The van der Waals surface area contributed by atoms with E-state index in [1.54, 1.807) is 0 Å². The number of aliphatic hydroxyl groups is 1. The van der Waals surface area contributed by atoms with Crippen molar-refractivity contribution in [1.82, 2.24) is 0 Å². The van der Waals surface area contributed by atoms with Crippen molar-refractivity contribution >= 4 is 0 Å². The number of hydrogen-bond acceptors (Lipinski definition) is 2. The van der Waals surface area contributed by atoms with Crippen molar-refractivity contribution in [1.29, 1.82) is 0 Å². The highest BCUT2D eigenvalue weighted by Crippen LogP contribution is 2.34. The van der Waals surface area contributed by atoms with E-state index in [0.717, 1.165) is 12.0 Å². The number of aliphatic hydroxyl groups excluding tert-OH is 1. The molecule has 1 aliphatic rings. The first kappa shape index (κ1) is 11.4. The minimum atomic E-state index is -0.405. The molecule has 0 aliphatic carbocycles. The zero-order chi connectivity index (χ0) is 11.5. The summed E-state index contributed by atoms with van der Waals surface area (Å²) in [6, 6.07) is 10.2. The lowest BCUT2D eigenvalue weighted by atomic mass is 9.86. The first-order chi connectivity index (χ1) is 7.68. The van der Waals surface area contributed by atoms with Gasteiger partial charge in [0.05, 0.1) is 18.8 Å². The topological polar surface area (TPSA) is 29.5 Å². The minimum absolute atomic E-state index is 0.0892. The average Bonchev–Trinajstić information content (AvgIpc) is 2.30. The van der Waals surface area contributed by atoms with Crippen LogP contribution >= 0.6 is 0 Å². The summed E-state index contributed by atoms with van der Waals surface area (Å²) in [7, 11) is 0. The first-order valence-electron chi connectivity index (χ1n) is 5.68. The highest BCUT2D eigenvalue weighted by molar-refractivity contribution is 5.19. The fraction of sp³-hybridized carbons (Fsp3) is 0.429. The molecule has 1 aromatic rings. The monoisotopic (exact) mass is 218 g/mol. The maximum absolute atomic E-state index is 9.82. The Morgan fingerprint density at radius 2 is 2.06 bits per heavy atom. The standard InChI is InChI=1S/C14H18O2/c1-10(2)12-8-14(16-9-13(12)15)11-6-4-3-5-7-11/h3-7,12-15H,1,8-9H2,2H3/t12-,13-,14?/m1/s1. The van der Waals surface area contributed by atoms with Crippen molar-refractivity contribution in [3.8, 4) is 0 Å². The number of rotatable bonds is 2. The fourth-order valence-electron chi connectivity index (χ4n) is 2.22. The second kappa shape index (κ2) is 4.81.